The third-order valence-corrected chi connectivity index (χ3v) is 2.48. The molecule has 15 heavy (non-hydrogen) atoms. The molecule has 1 aliphatic rings. The van der Waals surface area contributed by atoms with E-state index >= 15 is 0 Å². The summed E-state index contributed by atoms with van der Waals surface area (Å²) in [6.45, 7) is 3.95. The smallest absolute Gasteiger partial charge is 0.144 e. The molecule has 0 atom stereocenters. The van der Waals surface area contributed by atoms with Gasteiger partial charge in [0, 0.05) is 17.0 Å². The zero-order valence-corrected chi connectivity index (χ0v) is 9.12. The van der Waals surface area contributed by atoms with Crippen molar-refractivity contribution in [2.75, 3.05) is 0 Å². The Bertz CT molecular complexity index is 394. The second kappa shape index (κ2) is 3.98. The van der Waals surface area contributed by atoms with Crippen LogP contribution in [-0.4, -0.2) is 16.9 Å². The summed E-state index contributed by atoms with van der Waals surface area (Å²) in [6.07, 6.45) is 2.34. The van der Waals surface area contributed by atoms with Crippen LogP contribution in [0.3, 0.4) is 0 Å². The highest BCUT2D eigenvalue weighted by molar-refractivity contribution is 5.99. The molecule has 0 spiro atoms. The monoisotopic (exact) mass is 204 g/mol. The Morgan fingerprint density at radius 3 is 2.73 bits per heavy atom. The summed E-state index contributed by atoms with van der Waals surface area (Å²) in [6, 6.07) is 4.44. The van der Waals surface area contributed by atoms with Crippen LogP contribution < -0.4 is 11.3 Å². The Balaban J connectivity index is 2.33. The Labute approximate surface area is 89.6 Å². The molecule has 4 nitrogen and oxygen atoms in total. The standard InChI is InChI=1S/C11H16N4/c1-7-3-6-10(8(2)13-7)11(15-12)14-9-4-5-9/h3,6,9H,4-5,12H2,1-2H3,(H,14,15). The number of aryl methyl sites for hydroxylation is 2. The van der Waals surface area contributed by atoms with Crippen molar-refractivity contribution in [3.05, 3.63) is 29.1 Å². The summed E-state index contributed by atoms with van der Waals surface area (Å²) in [7, 11) is 0. The highest BCUT2D eigenvalue weighted by Gasteiger charge is 2.21. The molecule has 1 aromatic heterocycles. The van der Waals surface area contributed by atoms with Gasteiger partial charge in [-0.2, -0.15) is 0 Å². The maximum absolute atomic E-state index is 5.48. The van der Waals surface area contributed by atoms with E-state index in [4.69, 9.17) is 5.84 Å². The van der Waals surface area contributed by atoms with E-state index in [9.17, 15) is 0 Å². The lowest BCUT2D eigenvalue weighted by molar-refractivity contribution is 0.963. The van der Waals surface area contributed by atoms with E-state index in [1.54, 1.807) is 0 Å². The summed E-state index contributed by atoms with van der Waals surface area (Å²) in [5.74, 6) is 6.23. The molecule has 2 rings (SSSR count). The summed E-state index contributed by atoms with van der Waals surface area (Å²) in [5, 5.41) is 0. The maximum atomic E-state index is 5.48. The van der Waals surface area contributed by atoms with Crippen LogP contribution in [0.2, 0.25) is 0 Å². The molecule has 0 unspecified atom stereocenters. The summed E-state index contributed by atoms with van der Waals surface area (Å²) >= 11 is 0. The van der Waals surface area contributed by atoms with Crippen LogP contribution in [0.4, 0.5) is 0 Å². The predicted molar refractivity (Wildman–Crippen MR) is 60.6 cm³/mol. The molecule has 0 aromatic carbocycles. The molecule has 1 aromatic rings. The van der Waals surface area contributed by atoms with E-state index in [1.807, 2.05) is 26.0 Å². The molecule has 1 fully saturated rings. The summed E-state index contributed by atoms with van der Waals surface area (Å²) in [5.41, 5.74) is 5.63. The topological polar surface area (TPSA) is 63.3 Å². The number of hydrazine groups is 1. The predicted octanol–water partition coefficient (Wildman–Crippen LogP) is 1.07. The second-order valence-corrected chi connectivity index (χ2v) is 3.94. The number of rotatable bonds is 2. The van der Waals surface area contributed by atoms with Gasteiger partial charge in [0.25, 0.3) is 0 Å². The lowest BCUT2D eigenvalue weighted by Crippen LogP contribution is -2.32. The van der Waals surface area contributed by atoms with Crippen LogP contribution in [0, 0.1) is 13.8 Å². The number of amidine groups is 1. The van der Waals surface area contributed by atoms with Crippen LogP contribution in [-0.2, 0) is 0 Å². The largest absolute Gasteiger partial charge is 0.308 e. The van der Waals surface area contributed by atoms with Gasteiger partial charge >= 0.3 is 0 Å². The molecular formula is C11H16N4. The first-order valence-electron chi connectivity index (χ1n) is 5.19. The molecule has 0 radical (unpaired) electrons. The van der Waals surface area contributed by atoms with E-state index < -0.39 is 0 Å². The van der Waals surface area contributed by atoms with Gasteiger partial charge in [-0.25, -0.2) is 5.84 Å². The fourth-order valence-electron chi connectivity index (χ4n) is 1.51. The van der Waals surface area contributed by atoms with E-state index in [-0.39, 0.29) is 0 Å². The molecule has 1 heterocycles. The Morgan fingerprint density at radius 2 is 2.20 bits per heavy atom. The first-order chi connectivity index (χ1) is 7.20. The first kappa shape index (κ1) is 10.1. The van der Waals surface area contributed by atoms with Crippen molar-refractivity contribution in [1.29, 1.82) is 0 Å². The van der Waals surface area contributed by atoms with Crippen LogP contribution in [0.5, 0.6) is 0 Å². The van der Waals surface area contributed by atoms with E-state index in [1.165, 1.54) is 12.8 Å². The molecule has 0 amide bonds. The molecule has 4 heteroatoms. The summed E-state index contributed by atoms with van der Waals surface area (Å²) < 4.78 is 0. The van der Waals surface area contributed by atoms with E-state index in [0.29, 0.717) is 6.04 Å². The average molecular weight is 204 g/mol. The number of nitrogens with one attached hydrogen (secondary N) is 1. The normalized spacial score (nSPS) is 16.6. The first-order valence-corrected chi connectivity index (χ1v) is 5.19. The van der Waals surface area contributed by atoms with Crippen molar-refractivity contribution in [3.63, 3.8) is 0 Å². The lowest BCUT2D eigenvalue weighted by atomic mass is 10.1. The van der Waals surface area contributed by atoms with Crippen molar-refractivity contribution in [2.45, 2.75) is 32.7 Å². The minimum Gasteiger partial charge on any atom is -0.308 e. The van der Waals surface area contributed by atoms with Gasteiger partial charge in [0.1, 0.15) is 5.84 Å². The Hall–Kier alpha value is -1.42. The molecule has 0 aliphatic heterocycles. The summed E-state index contributed by atoms with van der Waals surface area (Å²) in [4.78, 5) is 8.90. The number of pyridine rings is 1. The van der Waals surface area contributed by atoms with E-state index in [2.05, 4.69) is 15.4 Å². The molecular weight excluding hydrogens is 188 g/mol. The number of hydrogen-bond donors (Lipinski definition) is 2. The highest BCUT2D eigenvalue weighted by Crippen LogP contribution is 2.24. The molecule has 1 aliphatic carbocycles. The van der Waals surface area contributed by atoms with Gasteiger partial charge in [-0.15, -0.1) is 0 Å². The third-order valence-electron chi connectivity index (χ3n) is 2.48. The number of nitrogens with two attached hydrogens (primary N) is 1. The van der Waals surface area contributed by atoms with Crippen molar-refractivity contribution >= 4 is 5.84 Å². The third kappa shape index (κ3) is 2.33. The van der Waals surface area contributed by atoms with Gasteiger partial charge in [0.15, 0.2) is 0 Å². The quantitative estimate of drug-likeness (QED) is 0.328. The number of hydrogen-bond acceptors (Lipinski definition) is 3. The zero-order valence-electron chi connectivity index (χ0n) is 9.12. The van der Waals surface area contributed by atoms with Gasteiger partial charge in [0.2, 0.25) is 0 Å². The van der Waals surface area contributed by atoms with E-state index in [0.717, 1.165) is 22.8 Å². The number of aliphatic imine (C=N–C) groups is 1. The van der Waals surface area contributed by atoms with Gasteiger partial charge in [0.05, 0.1) is 6.04 Å². The van der Waals surface area contributed by atoms with Crippen molar-refractivity contribution in [1.82, 2.24) is 10.4 Å². The fourth-order valence-corrected chi connectivity index (χ4v) is 1.51. The second-order valence-electron chi connectivity index (χ2n) is 3.94. The van der Waals surface area contributed by atoms with Crippen LogP contribution >= 0.6 is 0 Å². The van der Waals surface area contributed by atoms with Gasteiger partial charge in [-0.3, -0.25) is 9.98 Å². The zero-order chi connectivity index (χ0) is 10.8. The van der Waals surface area contributed by atoms with Crippen LogP contribution in [0.25, 0.3) is 0 Å². The number of nitrogens with zero attached hydrogens (tertiary/aromatic N) is 2. The Morgan fingerprint density at radius 1 is 1.47 bits per heavy atom. The van der Waals surface area contributed by atoms with Crippen molar-refractivity contribution < 1.29 is 0 Å². The van der Waals surface area contributed by atoms with Gasteiger partial charge in [-0.1, -0.05) is 0 Å². The van der Waals surface area contributed by atoms with Crippen LogP contribution in [0.15, 0.2) is 17.1 Å². The number of aromatic nitrogens is 1. The minimum atomic E-state index is 0.455. The highest BCUT2D eigenvalue weighted by atomic mass is 15.3. The SMILES string of the molecule is Cc1ccc(C(=NC2CC2)NN)c(C)n1. The van der Waals surface area contributed by atoms with Crippen molar-refractivity contribution in [3.8, 4) is 0 Å². The molecule has 0 bridgehead atoms. The van der Waals surface area contributed by atoms with Gasteiger partial charge < -0.3 is 5.43 Å². The molecule has 3 N–H and O–H groups in total. The minimum absolute atomic E-state index is 0.455. The average Bonchev–Trinajstić information content (AvgIpc) is 2.99. The molecule has 1 saturated carbocycles. The van der Waals surface area contributed by atoms with Gasteiger partial charge in [-0.05, 0) is 38.8 Å². The molecule has 80 valence electrons. The maximum Gasteiger partial charge on any atom is 0.144 e. The van der Waals surface area contributed by atoms with Crippen molar-refractivity contribution in [2.24, 2.45) is 10.8 Å². The Kier molecular flexibility index (Phi) is 2.68. The molecule has 0 saturated heterocycles. The van der Waals surface area contributed by atoms with Crippen LogP contribution in [0.1, 0.15) is 29.8 Å². The fraction of sp³-hybridized carbons (Fsp3) is 0.455. The lowest BCUT2D eigenvalue weighted by Gasteiger charge is -2.08.